The number of carbonyl (C=O) groups excluding carboxylic acids is 1. The average molecular weight is 568 g/mol. The summed E-state index contributed by atoms with van der Waals surface area (Å²) < 4.78 is 20.3. The van der Waals surface area contributed by atoms with Crippen LogP contribution in [0.3, 0.4) is 0 Å². The van der Waals surface area contributed by atoms with Crippen molar-refractivity contribution in [2.45, 2.75) is 75.7 Å². The molecule has 0 unspecified atom stereocenters. The van der Waals surface area contributed by atoms with Crippen molar-refractivity contribution in [1.29, 1.82) is 0 Å². The summed E-state index contributed by atoms with van der Waals surface area (Å²) in [4.78, 5) is 20.2. The molecule has 1 atom stereocenters. The fourth-order valence-electron chi connectivity index (χ4n) is 6.26. The molecule has 12 nitrogen and oxygen atoms in total. The summed E-state index contributed by atoms with van der Waals surface area (Å²) in [5.41, 5.74) is 2.58. The fraction of sp³-hybridized carbons (Fsp3) is 0.655. The summed E-state index contributed by atoms with van der Waals surface area (Å²) in [7, 11) is 1.67. The summed E-state index contributed by atoms with van der Waals surface area (Å²) >= 11 is 0. The number of hydrogen-bond donors (Lipinski definition) is 2. The number of fused-ring (bicyclic) bond motifs is 1. The maximum absolute atomic E-state index is 13.7. The molecule has 0 bridgehead atoms. The lowest BCUT2D eigenvalue weighted by Gasteiger charge is -2.48. The summed E-state index contributed by atoms with van der Waals surface area (Å²) in [6, 6.07) is 2.23. The van der Waals surface area contributed by atoms with E-state index in [9.17, 15) is 9.90 Å². The minimum atomic E-state index is -0.885. The number of methoxy groups -OCH3 is 1. The summed E-state index contributed by atoms with van der Waals surface area (Å²) in [6.07, 6.45) is 8.69. The van der Waals surface area contributed by atoms with Gasteiger partial charge in [0.1, 0.15) is 11.1 Å². The second-order valence-corrected chi connectivity index (χ2v) is 12.4. The standard InChI is InChI=1S/C29H41N7O5/c1-19(15-39-4)32-27-30-13-25-23(11-24(36(25)33-27)20-5-7-22(37)8-6-20)21-12-31-35(14-21)28(2,3)26(38)34-9-10-41-29(16-34)17-40-18-29/h11-14,19-20,22,37H,5-10,15-18H2,1-4H3,(H,32,33)/t19-,20-,22-/m0/s1. The average Bonchev–Trinajstić information content (AvgIpc) is 3.58. The van der Waals surface area contributed by atoms with Gasteiger partial charge in [0.15, 0.2) is 0 Å². The van der Waals surface area contributed by atoms with Crippen molar-refractivity contribution in [1.82, 2.24) is 29.3 Å². The van der Waals surface area contributed by atoms with E-state index in [2.05, 4.69) is 21.5 Å². The van der Waals surface area contributed by atoms with Gasteiger partial charge in [0.25, 0.3) is 0 Å². The number of nitrogens with zero attached hydrogens (tertiary/aromatic N) is 6. The minimum Gasteiger partial charge on any atom is -0.393 e. The lowest BCUT2D eigenvalue weighted by atomic mass is 9.85. The first-order chi connectivity index (χ1) is 19.7. The number of amides is 1. The molecule has 0 radical (unpaired) electrons. The zero-order chi connectivity index (χ0) is 28.8. The second-order valence-electron chi connectivity index (χ2n) is 12.4. The first kappa shape index (κ1) is 28.1. The highest BCUT2D eigenvalue weighted by atomic mass is 16.6. The highest BCUT2D eigenvalue weighted by molar-refractivity contribution is 5.85. The zero-order valence-corrected chi connectivity index (χ0v) is 24.4. The molecule has 41 heavy (non-hydrogen) atoms. The minimum absolute atomic E-state index is 0.00847. The molecule has 2 aliphatic heterocycles. The van der Waals surface area contributed by atoms with Gasteiger partial charge in [-0.2, -0.15) is 5.10 Å². The Labute approximate surface area is 240 Å². The van der Waals surface area contributed by atoms with Crippen LogP contribution in [-0.4, -0.2) is 105 Å². The lowest BCUT2D eigenvalue weighted by molar-refractivity contribution is -0.238. The van der Waals surface area contributed by atoms with Crippen molar-refractivity contribution < 1.29 is 24.1 Å². The third-order valence-corrected chi connectivity index (χ3v) is 8.71. The molecule has 6 rings (SSSR count). The van der Waals surface area contributed by atoms with E-state index in [-0.39, 0.29) is 29.6 Å². The molecule has 5 heterocycles. The van der Waals surface area contributed by atoms with E-state index in [4.69, 9.17) is 19.3 Å². The van der Waals surface area contributed by atoms with Gasteiger partial charge in [0.05, 0.1) is 57.0 Å². The Morgan fingerprint density at radius 2 is 2.05 bits per heavy atom. The number of aliphatic hydroxyl groups is 1. The highest BCUT2D eigenvalue weighted by Gasteiger charge is 2.47. The topological polar surface area (TPSA) is 128 Å². The molecule has 3 aromatic rings. The van der Waals surface area contributed by atoms with E-state index in [1.807, 2.05) is 48.8 Å². The van der Waals surface area contributed by atoms with Crippen LogP contribution in [-0.2, 0) is 24.5 Å². The Kier molecular flexibility index (Phi) is 7.52. The summed E-state index contributed by atoms with van der Waals surface area (Å²) in [6.45, 7) is 9.02. The molecule has 1 saturated carbocycles. The third kappa shape index (κ3) is 5.33. The van der Waals surface area contributed by atoms with E-state index >= 15 is 0 Å². The quantitative estimate of drug-likeness (QED) is 0.422. The molecule has 3 aliphatic rings. The molecule has 1 spiro atoms. The van der Waals surface area contributed by atoms with Crippen LogP contribution in [0.4, 0.5) is 5.95 Å². The van der Waals surface area contributed by atoms with Gasteiger partial charge in [0, 0.05) is 48.6 Å². The van der Waals surface area contributed by atoms with Gasteiger partial charge in [-0.05, 0) is 52.5 Å². The Morgan fingerprint density at radius 1 is 1.27 bits per heavy atom. The van der Waals surface area contributed by atoms with Crippen molar-refractivity contribution in [2.24, 2.45) is 0 Å². The molecule has 3 fully saturated rings. The predicted molar refractivity (Wildman–Crippen MR) is 152 cm³/mol. The van der Waals surface area contributed by atoms with Crippen molar-refractivity contribution in [2.75, 3.05) is 51.9 Å². The highest BCUT2D eigenvalue weighted by Crippen LogP contribution is 2.38. The summed E-state index contributed by atoms with van der Waals surface area (Å²) in [5.74, 6) is 0.814. The maximum atomic E-state index is 13.7. The van der Waals surface area contributed by atoms with Gasteiger partial charge in [-0.3, -0.25) is 9.48 Å². The largest absolute Gasteiger partial charge is 0.393 e. The van der Waals surface area contributed by atoms with E-state index in [0.29, 0.717) is 45.5 Å². The number of aliphatic hydroxyl groups excluding tert-OH is 1. The van der Waals surface area contributed by atoms with E-state index in [1.54, 1.807) is 11.8 Å². The number of anilines is 1. The number of aromatic nitrogens is 5. The van der Waals surface area contributed by atoms with Gasteiger partial charge in [-0.15, -0.1) is 5.10 Å². The number of ether oxygens (including phenoxy) is 3. The fourth-order valence-corrected chi connectivity index (χ4v) is 6.26. The normalized spacial score (nSPS) is 23.5. The van der Waals surface area contributed by atoms with Crippen molar-refractivity contribution >= 4 is 17.4 Å². The molecule has 1 aliphatic carbocycles. The van der Waals surface area contributed by atoms with Crippen LogP contribution in [0.25, 0.3) is 16.6 Å². The van der Waals surface area contributed by atoms with Crippen LogP contribution >= 0.6 is 0 Å². The smallest absolute Gasteiger partial charge is 0.250 e. The first-order valence-corrected chi connectivity index (χ1v) is 14.6. The molecular weight excluding hydrogens is 526 g/mol. The lowest BCUT2D eigenvalue weighted by Crippen LogP contribution is -2.65. The maximum Gasteiger partial charge on any atom is 0.250 e. The molecule has 0 aromatic carbocycles. The van der Waals surface area contributed by atoms with Gasteiger partial charge < -0.3 is 29.5 Å². The van der Waals surface area contributed by atoms with Crippen LogP contribution < -0.4 is 5.32 Å². The number of carbonyl (C=O) groups is 1. The molecule has 222 valence electrons. The second kappa shape index (κ2) is 11.0. The van der Waals surface area contributed by atoms with Gasteiger partial charge >= 0.3 is 0 Å². The Bertz CT molecular complexity index is 1390. The molecule has 12 heteroatoms. The molecular formula is C29H41N7O5. The number of morpholine rings is 1. The van der Waals surface area contributed by atoms with Crippen molar-refractivity contribution in [3.8, 4) is 11.1 Å². The molecule has 1 amide bonds. The summed E-state index contributed by atoms with van der Waals surface area (Å²) in [5, 5.41) is 23.0. The zero-order valence-electron chi connectivity index (χ0n) is 24.4. The third-order valence-electron chi connectivity index (χ3n) is 8.71. The van der Waals surface area contributed by atoms with Gasteiger partial charge in [-0.1, -0.05) is 0 Å². The van der Waals surface area contributed by atoms with Gasteiger partial charge in [-0.25, -0.2) is 9.50 Å². The first-order valence-electron chi connectivity index (χ1n) is 14.6. The van der Waals surface area contributed by atoms with E-state index < -0.39 is 5.54 Å². The van der Waals surface area contributed by atoms with Crippen LogP contribution in [0.15, 0.2) is 24.7 Å². The SMILES string of the molecule is COC[C@H](C)Nc1ncc2c(-c3cnn(C(C)(C)C(=O)N4CCOC5(COC5)C4)c3)cc([C@H]3CC[C@H](O)CC3)n2n1. The van der Waals surface area contributed by atoms with Crippen LogP contribution in [0.5, 0.6) is 0 Å². The van der Waals surface area contributed by atoms with E-state index in [0.717, 1.165) is 48.0 Å². The predicted octanol–water partition coefficient (Wildman–Crippen LogP) is 2.42. The Hall–Kier alpha value is -3.06. The number of rotatable bonds is 8. The van der Waals surface area contributed by atoms with Crippen molar-refractivity contribution in [3.63, 3.8) is 0 Å². The van der Waals surface area contributed by atoms with Crippen LogP contribution in [0.1, 0.15) is 58.1 Å². The number of hydrogen-bond acceptors (Lipinski definition) is 9. The monoisotopic (exact) mass is 567 g/mol. The molecule has 2 saturated heterocycles. The Morgan fingerprint density at radius 3 is 2.76 bits per heavy atom. The number of nitrogens with one attached hydrogen (secondary N) is 1. The Balaban J connectivity index is 1.31. The van der Waals surface area contributed by atoms with Crippen molar-refractivity contribution in [3.05, 3.63) is 30.4 Å². The van der Waals surface area contributed by atoms with Gasteiger partial charge in [0.2, 0.25) is 11.9 Å². The molecule has 2 N–H and O–H groups in total. The molecule has 3 aromatic heterocycles. The van der Waals surface area contributed by atoms with Crippen LogP contribution in [0, 0.1) is 0 Å². The van der Waals surface area contributed by atoms with Crippen LogP contribution in [0.2, 0.25) is 0 Å². The van der Waals surface area contributed by atoms with E-state index in [1.165, 1.54) is 0 Å².